The van der Waals surface area contributed by atoms with E-state index in [-0.39, 0.29) is 22.0 Å². The van der Waals surface area contributed by atoms with Crippen LogP contribution in [0.3, 0.4) is 0 Å². The summed E-state index contributed by atoms with van der Waals surface area (Å²) < 4.78 is 0. The maximum absolute atomic E-state index is 12.9. The Morgan fingerprint density at radius 2 is 1.20 bits per heavy atom. The van der Waals surface area contributed by atoms with Crippen LogP contribution in [0.5, 0.6) is 0 Å². The third-order valence-electron chi connectivity index (χ3n) is 8.94. The summed E-state index contributed by atoms with van der Waals surface area (Å²) in [4.78, 5) is 12.9. The molecule has 0 N–H and O–H groups in total. The van der Waals surface area contributed by atoms with Crippen LogP contribution in [0.1, 0.15) is 94.9 Å². The molecule has 0 aromatic rings. The van der Waals surface area contributed by atoms with E-state index >= 15 is 0 Å². The molecule has 1 saturated carbocycles. The Bertz CT molecular complexity index is 1280. The minimum Gasteiger partial charge on any atom is -0.294 e. The lowest BCUT2D eigenvalue weighted by atomic mass is 9.66. The first kappa shape index (κ1) is 34.0. The molecular formula is C40H54O. The number of ketones is 1. The van der Waals surface area contributed by atoms with Crippen molar-refractivity contribution in [2.45, 2.75) is 94.9 Å². The molecule has 0 saturated heterocycles. The summed E-state index contributed by atoms with van der Waals surface area (Å²) in [5.41, 5.74) is 7.47. The number of hydrogen-bond donors (Lipinski definition) is 0. The van der Waals surface area contributed by atoms with E-state index in [2.05, 4.69) is 141 Å². The molecule has 41 heavy (non-hydrogen) atoms. The zero-order valence-corrected chi connectivity index (χ0v) is 27.5. The molecule has 1 nitrogen and oxygen atoms in total. The predicted molar refractivity (Wildman–Crippen MR) is 182 cm³/mol. The molecule has 0 heterocycles. The largest absolute Gasteiger partial charge is 0.294 e. The zero-order valence-electron chi connectivity index (χ0n) is 27.5. The Labute approximate surface area is 252 Å². The summed E-state index contributed by atoms with van der Waals surface area (Å²) in [7, 11) is 0. The summed E-state index contributed by atoms with van der Waals surface area (Å²) in [6.45, 7) is 21.8. The Morgan fingerprint density at radius 1 is 0.683 bits per heavy atom. The van der Waals surface area contributed by atoms with E-state index in [1.54, 1.807) is 6.08 Å². The fourth-order valence-electron chi connectivity index (χ4n) is 5.52. The van der Waals surface area contributed by atoms with Gasteiger partial charge in [0.15, 0.2) is 5.78 Å². The first-order valence-electron chi connectivity index (χ1n) is 15.2. The highest BCUT2D eigenvalue weighted by Gasteiger charge is 2.49. The Balaban J connectivity index is 1.87. The van der Waals surface area contributed by atoms with Gasteiger partial charge in [-0.3, -0.25) is 4.79 Å². The quantitative estimate of drug-likeness (QED) is 0.185. The van der Waals surface area contributed by atoms with Crippen LogP contribution in [0, 0.1) is 16.2 Å². The lowest BCUT2D eigenvalue weighted by Gasteiger charge is -2.36. The minimum absolute atomic E-state index is 0.0701. The maximum Gasteiger partial charge on any atom is 0.162 e. The smallest absolute Gasteiger partial charge is 0.162 e. The fourth-order valence-corrected chi connectivity index (χ4v) is 5.52. The summed E-state index contributed by atoms with van der Waals surface area (Å²) in [6, 6.07) is 0. The summed E-state index contributed by atoms with van der Waals surface area (Å²) in [5, 5.41) is 0. The third-order valence-corrected chi connectivity index (χ3v) is 8.94. The van der Waals surface area contributed by atoms with Crippen molar-refractivity contribution in [2.24, 2.45) is 16.2 Å². The molecule has 1 heteroatoms. The topological polar surface area (TPSA) is 17.1 Å². The van der Waals surface area contributed by atoms with E-state index in [0.717, 1.165) is 31.3 Å². The lowest BCUT2D eigenvalue weighted by Crippen LogP contribution is -2.36. The number of carbonyl (C=O) groups is 1. The van der Waals surface area contributed by atoms with Gasteiger partial charge >= 0.3 is 0 Å². The van der Waals surface area contributed by atoms with Crippen molar-refractivity contribution in [1.82, 2.24) is 0 Å². The maximum atomic E-state index is 12.9. The van der Waals surface area contributed by atoms with E-state index in [0.29, 0.717) is 0 Å². The normalized spacial score (nSPS) is 24.4. The number of rotatable bonds is 11. The van der Waals surface area contributed by atoms with E-state index in [9.17, 15) is 4.79 Å². The Hall–Kier alpha value is -3.19. The highest BCUT2D eigenvalue weighted by molar-refractivity contribution is 5.95. The lowest BCUT2D eigenvalue weighted by molar-refractivity contribution is -0.127. The molecule has 2 rings (SSSR count). The molecule has 1 unspecified atom stereocenters. The van der Waals surface area contributed by atoms with Gasteiger partial charge in [0.25, 0.3) is 0 Å². The molecule has 0 aromatic heterocycles. The van der Waals surface area contributed by atoms with Crippen LogP contribution in [0.4, 0.5) is 0 Å². The number of allylic oxidation sites excluding steroid dienone is 22. The van der Waals surface area contributed by atoms with Gasteiger partial charge in [0.05, 0.1) is 0 Å². The monoisotopic (exact) mass is 550 g/mol. The number of carbonyl (C=O) groups excluding carboxylic acids is 1. The molecule has 0 amide bonds. The average Bonchev–Trinajstić information content (AvgIpc) is 3.17. The second-order valence-electron chi connectivity index (χ2n) is 13.4. The van der Waals surface area contributed by atoms with Gasteiger partial charge < -0.3 is 0 Å². The molecule has 1 atom stereocenters. The van der Waals surface area contributed by atoms with Crippen LogP contribution in [-0.4, -0.2) is 5.78 Å². The highest BCUT2D eigenvalue weighted by Crippen LogP contribution is 2.53. The zero-order chi connectivity index (χ0) is 30.7. The first-order valence-corrected chi connectivity index (χ1v) is 15.2. The van der Waals surface area contributed by atoms with Crippen LogP contribution < -0.4 is 0 Å². The van der Waals surface area contributed by atoms with Crippen molar-refractivity contribution >= 4 is 5.78 Å². The van der Waals surface area contributed by atoms with Crippen molar-refractivity contribution in [3.63, 3.8) is 0 Å². The predicted octanol–water partition coefficient (Wildman–Crippen LogP) is 11.6. The van der Waals surface area contributed by atoms with Crippen molar-refractivity contribution in [2.75, 3.05) is 0 Å². The molecule has 0 aromatic carbocycles. The summed E-state index contributed by atoms with van der Waals surface area (Å²) in [5.74, 6) is 0.253. The second-order valence-corrected chi connectivity index (χ2v) is 13.4. The molecule has 0 aliphatic heterocycles. The van der Waals surface area contributed by atoms with E-state index < -0.39 is 0 Å². The number of hydrogen-bond acceptors (Lipinski definition) is 1. The molecule has 0 spiro atoms. The van der Waals surface area contributed by atoms with Gasteiger partial charge in [0.1, 0.15) is 0 Å². The third kappa shape index (κ3) is 10.3. The van der Waals surface area contributed by atoms with Gasteiger partial charge in [0, 0.05) is 5.41 Å². The molecule has 0 bridgehead atoms. The summed E-state index contributed by atoms with van der Waals surface area (Å²) in [6.07, 6.45) is 38.0. The minimum atomic E-state index is -0.248. The summed E-state index contributed by atoms with van der Waals surface area (Å²) >= 11 is 0. The highest BCUT2D eigenvalue weighted by atomic mass is 16.1. The van der Waals surface area contributed by atoms with E-state index in [1.165, 1.54) is 27.9 Å². The molecule has 2 aliphatic rings. The van der Waals surface area contributed by atoms with E-state index in [1.807, 2.05) is 19.1 Å². The van der Waals surface area contributed by atoms with Gasteiger partial charge in [-0.05, 0) is 81.9 Å². The molecular weight excluding hydrogens is 496 g/mol. The Morgan fingerprint density at radius 3 is 1.71 bits per heavy atom. The van der Waals surface area contributed by atoms with Crippen LogP contribution in [0.15, 0.2) is 131 Å². The standard InChI is InChI=1S/C40H54O/c1-31(19-13-21-33(3)24-26-36-35(5)23-15-28-38(36,6)7)17-11-12-18-32(2)20-14-22-34(4)25-27-37(41)40(10)30-16-29-39(40,8)9/h11-15,17-27H,16,28-30H2,1-10H3. The SMILES string of the molecule is CC(C=CC=C(C)C=CC(=O)C1(C)CCCC1(C)C)=CC=CC=C(C)C=CC=C(C)C=CC1=C(C)C=CCC1(C)C. The average molecular weight is 551 g/mol. The molecule has 0 radical (unpaired) electrons. The first-order chi connectivity index (χ1) is 19.2. The van der Waals surface area contributed by atoms with Crippen molar-refractivity contribution in [3.8, 4) is 0 Å². The van der Waals surface area contributed by atoms with Gasteiger partial charge in [-0.1, -0.05) is 154 Å². The Kier molecular flexibility index (Phi) is 12.6. The fraction of sp³-hybridized carbons (Fsp3) is 0.425. The van der Waals surface area contributed by atoms with Crippen LogP contribution in [0.2, 0.25) is 0 Å². The van der Waals surface area contributed by atoms with Crippen molar-refractivity contribution in [1.29, 1.82) is 0 Å². The second kappa shape index (κ2) is 15.2. The molecule has 1 fully saturated rings. The van der Waals surface area contributed by atoms with Crippen LogP contribution >= 0.6 is 0 Å². The van der Waals surface area contributed by atoms with Crippen molar-refractivity contribution in [3.05, 3.63) is 131 Å². The van der Waals surface area contributed by atoms with Gasteiger partial charge in [-0.2, -0.15) is 0 Å². The van der Waals surface area contributed by atoms with Gasteiger partial charge in [-0.15, -0.1) is 0 Å². The van der Waals surface area contributed by atoms with Crippen LogP contribution in [-0.2, 0) is 4.79 Å². The van der Waals surface area contributed by atoms with Gasteiger partial charge in [-0.25, -0.2) is 0 Å². The van der Waals surface area contributed by atoms with Gasteiger partial charge in [0.2, 0.25) is 0 Å². The molecule has 220 valence electrons. The van der Waals surface area contributed by atoms with Crippen LogP contribution in [0.25, 0.3) is 0 Å². The van der Waals surface area contributed by atoms with E-state index in [4.69, 9.17) is 0 Å². The molecule has 2 aliphatic carbocycles. The van der Waals surface area contributed by atoms with Crippen molar-refractivity contribution < 1.29 is 4.79 Å².